The van der Waals surface area contributed by atoms with Crippen molar-refractivity contribution in [1.29, 1.82) is 0 Å². The first-order chi connectivity index (χ1) is 11.6. The van der Waals surface area contributed by atoms with Gasteiger partial charge in [0.15, 0.2) is 0 Å². The highest BCUT2D eigenvalue weighted by atomic mass is 32.2. The largest absolute Gasteiger partial charge is 0.495 e. The summed E-state index contributed by atoms with van der Waals surface area (Å²) in [6.45, 7) is 4.58. The van der Waals surface area contributed by atoms with Crippen LogP contribution in [0.3, 0.4) is 0 Å². The second-order valence-electron chi connectivity index (χ2n) is 5.42. The van der Waals surface area contributed by atoms with Crippen LogP contribution < -0.4 is 14.8 Å². The van der Waals surface area contributed by atoms with Gasteiger partial charge in [-0.15, -0.1) is 11.8 Å². The van der Waals surface area contributed by atoms with Crippen molar-refractivity contribution in [3.8, 4) is 11.5 Å². The van der Waals surface area contributed by atoms with Crippen LogP contribution in [0.4, 0.5) is 5.69 Å². The van der Waals surface area contributed by atoms with E-state index < -0.39 is 0 Å². The van der Waals surface area contributed by atoms with E-state index in [0.29, 0.717) is 23.8 Å². The van der Waals surface area contributed by atoms with Gasteiger partial charge in [0.25, 0.3) is 0 Å². The van der Waals surface area contributed by atoms with Crippen molar-refractivity contribution in [2.45, 2.75) is 13.8 Å². The summed E-state index contributed by atoms with van der Waals surface area (Å²) in [6, 6.07) is 13.6. The number of rotatable bonds is 8. The third kappa shape index (κ3) is 5.49. The Morgan fingerprint density at radius 2 is 1.92 bits per heavy atom. The van der Waals surface area contributed by atoms with Crippen LogP contribution in [0.5, 0.6) is 11.5 Å². The molecule has 5 heteroatoms. The van der Waals surface area contributed by atoms with Crippen molar-refractivity contribution in [2.24, 2.45) is 0 Å². The predicted molar refractivity (Wildman–Crippen MR) is 100 cm³/mol. The maximum absolute atomic E-state index is 12.1. The van der Waals surface area contributed by atoms with E-state index in [1.54, 1.807) is 18.9 Å². The molecule has 0 bridgehead atoms. The van der Waals surface area contributed by atoms with Gasteiger partial charge in [0.2, 0.25) is 5.91 Å². The molecule has 0 atom stereocenters. The maximum atomic E-state index is 12.1. The number of hydrogen-bond acceptors (Lipinski definition) is 4. The summed E-state index contributed by atoms with van der Waals surface area (Å²) < 4.78 is 11.0. The SMILES string of the molecule is COc1ccc(C)cc1NC(=O)CSCCOc1ccccc1C. The van der Waals surface area contributed by atoms with Crippen LogP contribution in [0, 0.1) is 13.8 Å². The van der Waals surface area contributed by atoms with Gasteiger partial charge in [-0.1, -0.05) is 24.3 Å². The van der Waals surface area contributed by atoms with E-state index in [4.69, 9.17) is 9.47 Å². The number of para-hydroxylation sites is 1. The lowest BCUT2D eigenvalue weighted by Gasteiger charge is -2.11. The number of anilines is 1. The van der Waals surface area contributed by atoms with Gasteiger partial charge in [0, 0.05) is 5.75 Å². The molecular weight excluding hydrogens is 322 g/mol. The Morgan fingerprint density at radius 3 is 2.67 bits per heavy atom. The molecule has 1 amide bonds. The Kier molecular flexibility index (Phi) is 7.00. The zero-order valence-electron chi connectivity index (χ0n) is 14.3. The molecule has 0 spiro atoms. The van der Waals surface area contributed by atoms with Crippen LogP contribution in [-0.4, -0.2) is 31.1 Å². The van der Waals surface area contributed by atoms with Gasteiger partial charge in [0.1, 0.15) is 11.5 Å². The van der Waals surface area contributed by atoms with Gasteiger partial charge in [-0.2, -0.15) is 0 Å². The van der Waals surface area contributed by atoms with Gasteiger partial charge in [-0.05, 0) is 43.2 Å². The Balaban J connectivity index is 1.72. The lowest BCUT2D eigenvalue weighted by molar-refractivity contribution is -0.113. The molecule has 2 aromatic carbocycles. The predicted octanol–water partition coefficient (Wildman–Crippen LogP) is 4.06. The summed E-state index contributed by atoms with van der Waals surface area (Å²) in [4.78, 5) is 12.1. The van der Waals surface area contributed by atoms with E-state index in [9.17, 15) is 4.79 Å². The van der Waals surface area contributed by atoms with E-state index >= 15 is 0 Å². The second-order valence-corrected chi connectivity index (χ2v) is 6.52. The van der Waals surface area contributed by atoms with Crippen molar-refractivity contribution >= 4 is 23.4 Å². The van der Waals surface area contributed by atoms with Gasteiger partial charge in [0.05, 0.1) is 25.2 Å². The first kappa shape index (κ1) is 18.2. The van der Waals surface area contributed by atoms with Crippen LogP contribution in [0.25, 0.3) is 0 Å². The number of carbonyl (C=O) groups is 1. The minimum atomic E-state index is -0.0419. The molecule has 0 radical (unpaired) electrons. The molecule has 0 aliphatic heterocycles. The monoisotopic (exact) mass is 345 g/mol. The highest BCUT2D eigenvalue weighted by Crippen LogP contribution is 2.25. The molecule has 0 heterocycles. The summed E-state index contributed by atoms with van der Waals surface area (Å²) in [7, 11) is 1.60. The molecule has 0 saturated carbocycles. The normalized spacial score (nSPS) is 10.3. The molecule has 2 aromatic rings. The lowest BCUT2D eigenvalue weighted by atomic mass is 10.2. The molecule has 128 valence electrons. The standard InChI is InChI=1S/C19H23NO3S/c1-14-8-9-18(22-3)16(12-14)20-19(21)13-24-11-10-23-17-7-5-4-6-15(17)2/h4-9,12H,10-11,13H2,1-3H3,(H,20,21). The molecule has 0 saturated heterocycles. The van der Waals surface area contributed by atoms with E-state index in [1.807, 2.05) is 56.3 Å². The zero-order valence-corrected chi connectivity index (χ0v) is 15.1. The molecule has 2 rings (SSSR count). The molecule has 0 aromatic heterocycles. The number of benzene rings is 2. The Bertz CT molecular complexity index is 688. The molecule has 0 fully saturated rings. The number of amides is 1. The summed E-state index contributed by atoms with van der Waals surface area (Å²) in [5.41, 5.74) is 2.90. The number of methoxy groups -OCH3 is 1. The number of hydrogen-bond donors (Lipinski definition) is 1. The Hall–Kier alpha value is -2.14. The molecule has 1 N–H and O–H groups in total. The van der Waals surface area contributed by atoms with Crippen molar-refractivity contribution in [2.75, 3.05) is 30.5 Å². The van der Waals surface area contributed by atoms with E-state index in [-0.39, 0.29) is 5.91 Å². The minimum absolute atomic E-state index is 0.0419. The lowest BCUT2D eigenvalue weighted by Crippen LogP contribution is -2.16. The fourth-order valence-corrected chi connectivity index (χ4v) is 2.80. The average molecular weight is 345 g/mol. The quantitative estimate of drug-likeness (QED) is 0.733. The number of aryl methyl sites for hydroxylation is 2. The first-order valence-electron chi connectivity index (χ1n) is 7.81. The highest BCUT2D eigenvalue weighted by Gasteiger charge is 2.08. The number of ether oxygens (including phenoxy) is 2. The molecular formula is C19H23NO3S. The van der Waals surface area contributed by atoms with E-state index in [1.165, 1.54) is 0 Å². The third-order valence-electron chi connectivity index (χ3n) is 3.44. The van der Waals surface area contributed by atoms with Crippen LogP contribution in [0.2, 0.25) is 0 Å². The van der Waals surface area contributed by atoms with Crippen molar-refractivity contribution in [1.82, 2.24) is 0 Å². The van der Waals surface area contributed by atoms with Crippen LogP contribution >= 0.6 is 11.8 Å². The summed E-state index contributed by atoms with van der Waals surface area (Å²) in [6.07, 6.45) is 0. The molecule has 4 nitrogen and oxygen atoms in total. The molecule has 24 heavy (non-hydrogen) atoms. The number of carbonyl (C=O) groups excluding carboxylic acids is 1. The van der Waals surface area contributed by atoms with Crippen LogP contribution in [0.15, 0.2) is 42.5 Å². The van der Waals surface area contributed by atoms with Crippen molar-refractivity contribution < 1.29 is 14.3 Å². The zero-order chi connectivity index (χ0) is 17.4. The van der Waals surface area contributed by atoms with Gasteiger partial charge >= 0.3 is 0 Å². The van der Waals surface area contributed by atoms with Gasteiger partial charge in [-0.3, -0.25) is 4.79 Å². The Morgan fingerprint density at radius 1 is 1.12 bits per heavy atom. The summed E-state index contributed by atoms with van der Waals surface area (Å²) in [5, 5.41) is 2.89. The fourth-order valence-electron chi connectivity index (χ4n) is 2.20. The molecule has 0 unspecified atom stereocenters. The number of nitrogens with one attached hydrogen (secondary N) is 1. The fraction of sp³-hybridized carbons (Fsp3) is 0.316. The summed E-state index contributed by atoms with van der Waals surface area (Å²) in [5.74, 6) is 2.66. The van der Waals surface area contributed by atoms with Gasteiger partial charge in [-0.25, -0.2) is 0 Å². The second kappa shape index (κ2) is 9.23. The molecule has 0 aliphatic rings. The van der Waals surface area contributed by atoms with Crippen LogP contribution in [-0.2, 0) is 4.79 Å². The highest BCUT2D eigenvalue weighted by molar-refractivity contribution is 7.99. The minimum Gasteiger partial charge on any atom is -0.495 e. The van der Waals surface area contributed by atoms with Crippen molar-refractivity contribution in [3.63, 3.8) is 0 Å². The van der Waals surface area contributed by atoms with E-state index in [2.05, 4.69) is 5.32 Å². The smallest absolute Gasteiger partial charge is 0.234 e. The van der Waals surface area contributed by atoms with E-state index in [0.717, 1.165) is 22.6 Å². The Labute approximate surface area is 147 Å². The third-order valence-corrected chi connectivity index (χ3v) is 4.36. The average Bonchev–Trinajstić information content (AvgIpc) is 2.56. The van der Waals surface area contributed by atoms with Gasteiger partial charge < -0.3 is 14.8 Å². The van der Waals surface area contributed by atoms with Crippen LogP contribution in [0.1, 0.15) is 11.1 Å². The summed E-state index contributed by atoms with van der Waals surface area (Å²) >= 11 is 1.55. The topological polar surface area (TPSA) is 47.6 Å². The molecule has 0 aliphatic carbocycles. The maximum Gasteiger partial charge on any atom is 0.234 e. The number of thioether (sulfide) groups is 1. The first-order valence-corrected chi connectivity index (χ1v) is 8.96. The van der Waals surface area contributed by atoms with Crippen molar-refractivity contribution in [3.05, 3.63) is 53.6 Å².